The number of carbonyl (C=O) groups is 2. The van der Waals surface area contributed by atoms with Gasteiger partial charge in [0.15, 0.2) is 6.10 Å². The first kappa shape index (κ1) is 59.2. The van der Waals surface area contributed by atoms with Crippen LogP contribution in [0.15, 0.2) is 53.0 Å². The summed E-state index contributed by atoms with van der Waals surface area (Å²) >= 11 is 0. The van der Waals surface area contributed by atoms with Crippen LogP contribution in [0.3, 0.4) is 0 Å². The van der Waals surface area contributed by atoms with Gasteiger partial charge in [0.05, 0.1) is 33.9 Å². The van der Waals surface area contributed by atoms with Gasteiger partial charge in [-0.2, -0.15) is 0 Å². The number of quaternary nitrogens is 1. The van der Waals surface area contributed by atoms with Crippen molar-refractivity contribution in [1.29, 1.82) is 0 Å². The number of furan rings is 1. The van der Waals surface area contributed by atoms with Gasteiger partial charge in [-0.15, -0.1) is 0 Å². The maximum absolute atomic E-state index is 12.8. The first-order valence-electron chi connectivity index (χ1n) is 24.8. The number of aryl methyl sites for hydroxylation is 2. The zero-order valence-electron chi connectivity index (χ0n) is 41.3. The number of hydrogen-bond acceptors (Lipinski definition) is 10. The molecule has 0 aliphatic rings. The lowest BCUT2D eigenvalue weighted by Crippen LogP contribution is -2.37. The van der Waals surface area contributed by atoms with Gasteiger partial charge in [-0.05, 0) is 82.8 Å². The second kappa shape index (κ2) is 37.3. The Balaban J connectivity index is 2.35. The normalized spacial score (nSPS) is 14.3. The number of likely N-dealkylation sites (N-methyl/N-ethyl adjacent to an activating group) is 1. The quantitative estimate of drug-likeness (QED) is 0.0221. The molecule has 1 aromatic heterocycles. The lowest BCUT2D eigenvalue weighted by molar-refractivity contribution is -0.870. The zero-order valence-corrected chi connectivity index (χ0v) is 42.2. The van der Waals surface area contributed by atoms with Gasteiger partial charge in [-0.1, -0.05) is 140 Å². The molecule has 12 heteroatoms. The summed E-state index contributed by atoms with van der Waals surface area (Å²) in [5.41, 5.74) is 2.68. The van der Waals surface area contributed by atoms with Crippen molar-refractivity contribution in [1.82, 2.24) is 0 Å². The second-order valence-electron chi connectivity index (χ2n) is 18.2. The molecule has 0 bridgehead atoms. The van der Waals surface area contributed by atoms with Gasteiger partial charge >= 0.3 is 11.9 Å². The molecular formula is C52H90NO10P. The fourth-order valence-electron chi connectivity index (χ4n) is 6.90. The van der Waals surface area contributed by atoms with Crippen LogP contribution in [0.25, 0.3) is 0 Å². The molecule has 1 rings (SSSR count). The number of phosphoric acid groups is 1. The van der Waals surface area contributed by atoms with Crippen molar-refractivity contribution in [2.45, 2.75) is 200 Å². The Hall–Kier alpha value is -2.79. The number of aliphatic hydroxyl groups excluding tert-OH is 1. The van der Waals surface area contributed by atoms with Crippen molar-refractivity contribution in [3.8, 4) is 0 Å². The number of ether oxygens (including phenoxy) is 2. The molecule has 0 aromatic carbocycles. The van der Waals surface area contributed by atoms with E-state index in [1.807, 2.05) is 39.4 Å². The highest BCUT2D eigenvalue weighted by Gasteiger charge is 2.22. The van der Waals surface area contributed by atoms with E-state index in [1.165, 1.54) is 74.0 Å². The van der Waals surface area contributed by atoms with Crippen LogP contribution >= 0.6 is 7.82 Å². The summed E-state index contributed by atoms with van der Waals surface area (Å²) in [5, 5.41) is 9.84. The molecule has 1 heterocycles. The number of nitrogens with zero attached hydrogens (tertiary/aromatic N) is 1. The smallest absolute Gasteiger partial charge is 0.306 e. The topological polar surface area (TPSA) is 145 Å². The third-order valence-electron chi connectivity index (χ3n) is 11.1. The van der Waals surface area contributed by atoms with Crippen LogP contribution in [-0.4, -0.2) is 81.2 Å². The van der Waals surface area contributed by atoms with E-state index in [-0.39, 0.29) is 32.2 Å². The van der Waals surface area contributed by atoms with Crippen LogP contribution in [0.4, 0.5) is 0 Å². The number of unbranched alkanes of at least 4 members (excludes halogenated alkanes) is 13. The van der Waals surface area contributed by atoms with Crippen molar-refractivity contribution < 1.29 is 51.6 Å². The molecule has 1 unspecified atom stereocenters. The van der Waals surface area contributed by atoms with Crippen molar-refractivity contribution in [3.05, 3.63) is 71.3 Å². The molecule has 64 heavy (non-hydrogen) atoms. The monoisotopic (exact) mass is 920 g/mol. The third-order valence-corrected chi connectivity index (χ3v) is 12.1. The molecule has 0 saturated heterocycles. The molecule has 0 spiro atoms. The molecule has 11 nitrogen and oxygen atoms in total. The third kappa shape index (κ3) is 33.7. The number of esters is 2. The molecular weight excluding hydrogens is 830 g/mol. The van der Waals surface area contributed by atoms with Crippen LogP contribution in [0, 0.1) is 13.8 Å². The van der Waals surface area contributed by atoms with E-state index in [0.717, 1.165) is 77.0 Å². The minimum Gasteiger partial charge on any atom is -0.756 e. The molecule has 0 aliphatic heterocycles. The highest BCUT2D eigenvalue weighted by molar-refractivity contribution is 7.45. The van der Waals surface area contributed by atoms with Gasteiger partial charge in [-0.3, -0.25) is 14.2 Å². The highest BCUT2D eigenvalue weighted by Crippen LogP contribution is 2.38. The predicted molar refractivity (Wildman–Crippen MR) is 259 cm³/mol. The zero-order chi connectivity index (χ0) is 47.3. The van der Waals surface area contributed by atoms with E-state index in [2.05, 4.69) is 58.1 Å². The van der Waals surface area contributed by atoms with Gasteiger partial charge in [0.1, 0.15) is 31.3 Å². The number of allylic oxidation sites excluding steroid dienone is 7. The minimum atomic E-state index is -4.66. The van der Waals surface area contributed by atoms with Crippen LogP contribution < -0.4 is 4.89 Å². The van der Waals surface area contributed by atoms with Crippen LogP contribution in [0.5, 0.6) is 0 Å². The fraction of sp³-hybridized carbons (Fsp3) is 0.731. The second-order valence-corrected chi connectivity index (χ2v) is 19.6. The summed E-state index contributed by atoms with van der Waals surface area (Å²) < 4.78 is 40.2. The van der Waals surface area contributed by atoms with E-state index in [0.29, 0.717) is 30.3 Å². The van der Waals surface area contributed by atoms with Crippen molar-refractivity contribution in [2.24, 2.45) is 0 Å². The number of hydrogen-bond donors (Lipinski definition) is 1. The molecule has 0 radical (unpaired) electrons. The Labute approximate surface area is 389 Å². The molecule has 0 amide bonds. The van der Waals surface area contributed by atoms with Gasteiger partial charge < -0.3 is 37.4 Å². The summed E-state index contributed by atoms with van der Waals surface area (Å²) in [6.07, 6.45) is 38.7. The lowest BCUT2D eigenvalue weighted by Gasteiger charge is -2.28. The number of carbonyl (C=O) groups excluding carboxylic acids is 2. The van der Waals surface area contributed by atoms with E-state index in [4.69, 9.17) is 22.9 Å². The van der Waals surface area contributed by atoms with E-state index >= 15 is 0 Å². The Morgan fingerprint density at radius 2 is 1.19 bits per heavy atom. The van der Waals surface area contributed by atoms with E-state index in [9.17, 15) is 24.2 Å². The van der Waals surface area contributed by atoms with Gasteiger partial charge in [-0.25, -0.2) is 0 Å². The van der Waals surface area contributed by atoms with E-state index in [1.54, 1.807) is 0 Å². The van der Waals surface area contributed by atoms with Crippen molar-refractivity contribution in [3.63, 3.8) is 0 Å². The van der Waals surface area contributed by atoms with Gasteiger partial charge in [0.2, 0.25) is 0 Å². The summed E-state index contributed by atoms with van der Waals surface area (Å²) in [6, 6.07) is 0. The number of aliphatic hydroxyl groups is 1. The average molecular weight is 920 g/mol. The number of rotatable bonds is 41. The maximum Gasteiger partial charge on any atom is 0.306 e. The molecule has 368 valence electrons. The molecule has 3 atom stereocenters. The molecule has 1 aromatic rings. The van der Waals surface area contributed by atoms with Crippen LogP contribution in [0.2, 0.25) is 0 Å². The summed E-state index contributed by atoms with van der Waals surface area (Å²) in [7, 11) is 1.09. The van der Waals surface area contributed by atoms with E-state index < -0.39 is 32.5 Å². The Morgan fingerprint density at radius 3 is 1.77 bits per heavy atom. The van der Waals surface area contributed by atoms with Crippen LogP contribution in [-0.2, 0) is 45.5 Å². The Kier molecular flexibility index (Phi) is 34.5. The molecule has 1 N–H and O–H groups in total. The highest BCUT2D eigenvalue weighted by atomic mass is 31.2. The SMILES string of the molecule is CCCCCc1oc(CCCCCCCCCCCCC(=O)O[C@H](COC(=O)CCC/C=C\C/C=C\C/C=C\C/C=C\[C@@H](O)CCCC)COP(=O)([O-])OCC[N+](C)(C)C)c(C)c1C. The Bertz CT molecular complexity index is 1520. The lowest BCUT2D eigenvalue weighted by atomic mass is 10.0. The Morgan fingerprint density at radius 1 is 0.672 bits per heavy atom. The largest absolute Gasteiger partial charge is 0.756 e. The maximum atomic E-state index is 12.8. The molecule has 0 aliphatic carbocycles. The fourth-order valence-corrected chi connectivity index (χ4v) is 7.63. The summed E-state index contributed by atoms with van der Waals surface area (Å²) in [4.78, 5) is 37.7. The molecule has 0 fully saturated rings. The summed E-state index contributed by atoms with van der Waals surface area (Å²) in [5.74, 6) is 1.42. The average Bonchev–Trinajstić information content (AvgIpc) is 3.51. The van der Waals surface area contributed by atoms with Crippen molar-refractivity contribution in [2.75, 3.05) is 47.5 Å². The van der Waals surface area contributed by atoms with Crippen LogP contribution in [0.1, 0.15) is 184 Å². The molecule has 0 saturated carbocycles. The van der Waals surface area contributed by atoms with Gasteiger partial charge in [0, 0.05) is 25.7 Å². The first-order valence-corrected chi connectivity index (χ1v) is 26.3. The minimum absolute atomic E-state index is 0.0534. The number of phosphoric ester groups is 1. The first-order chi connectivity index (χ1) is 30.7. The standard InChI is InChI=1S/C52H90NO10P/c1-8-10-30-37-49-45(3)46(4)50(63-49)38-32-27-23-19-16-17-21-25-29-34-40-52(56)62-48(44-61-64(57,58)60-42-41-53(5,6)7)43-59-51(55)39-33-28-24-20-15-13-12-14-18-22-26-31-36-47(54)35-11-9-2/h12-13,18,20,22,24,31,36,47-48,54H,8-11,14-17,19,21,23,25-30,32-35,37-44H2,1-7H3/b13-12-,22-18-,24-20-,36-31-/t47-,48+/m0/s1. The van der Waals surface area contributed by atoms with Crippen molar-refractivity contribution >= 4 is 19.8 Å². The predicted octanol–water partition coefficient (Wildman–Crippen LogP) is 12.2. The summed E-state index contributed by atoms with van der Waals surface area (Å²) in [6.45, 7) is 8.33. The van der Waals surface area contributed by atoms with Gasteiger partial charge in [0.25, 0.3) is 7.82 Å².